The Morgan fingerprint density at radius 3 is 2.83 bits per heavy atom. The van der Waals surface area contributed by atoms with Crippen LogP contribution in [0.1, 0.15) is 18.4 Å². The largest absolute Gasteiger partial charge is 0.494 e. The molecule has 2 rings (SSSR count). The molecule has 1 aromatic rings. The van der Waals surface area contributed by atoms with Crippen molar-refractivity contribution in [3.63, 3.8) is 0 Å². The van der Waals surface area contributed by atoms with Gasteiger partial charge in [0.25, 0.3) is 0 Å². The molecule has 1 fully saturated rings. The van der Waals surface area contributed by atoms with Gasteiger partial charge in [0.1, 0.15) is 0 Å². The summed E-state index contributed by atoms with van der Waals surface area (Å²) in [6.07, 6.45) is 3.32. The summed E-state index contributed by atoms with van der Waals surface area (Å²) in [6.45, 7) is 2.24. The lowest BCUT2D eigenvalue weighted by Gasteiger charge is -2.07. The Balaban J connectivity index is 1.61. The third kappa shape index (κ3) is 4.27. The Labute approximate surface area is 107 Å². The number of methoxy groups -OCH3 is 1. The van der Waals surface area contributed by atoms with E-state index in [-0.39, 0.29) is 11.6 Å². The monoisotopic (exact) mass is 253 g/mol. The molecule has 0 unspecified atom stereocenters. The summed E-state index contributed by atoms with van der Waals surface area (Å²) < 4.78 is 23.8. The van der Waals surface area contributed by atoms with Crippen molar-refractivity contribution in [2.45, 2.75) is 25.3 Å². The van der Waals surface area contributed by atoms with Crippen LogP contribution in [-0.4, -0.2) is 32.9 Å². The summed E-state index contributed by atoms with van der Waals surface area (Å²) in [7, 11) is 1.47. The summed E-state index contributed by atoms with van der Waals surface area (Å²) in [5.74, 6) is -0.0290. The van der Waals surface area contributed by atoms with Crippen LogP contribution < -0.4 is 10.1 Å². The predicted molar refractivity (Wildman–Crippen MR) is 68.5 cm³/mol. The molecule has 4 heteroatoms. The van der Waals surface area contributed by atoms with E-state index in [4.69, 9.17) is 9.47 Å². The van der Waals surface area contributed by atoms with Gasteiger partial charge < -0.3 is 14.8 Å². The molecule has 0 aliphatic heterocycles. The van der Waals surface area contributed by atoms with Gasteiger partial charge in [0.2, 0.25) is 0 Å². The fraction of sp³-hybridized carbons (Fsp3) is 0.571. The predicted octanol–water partition coefficient (Wildman–Crippen LogP) is 2.15. The molecule has 1 aliphatic carbocycles. The van der Waals surface area contributed by atoms with Crippen molar-refractivity contribution in [2.75, 3.05) is 26.9 Å². The van der Waals surface area contributed by atoms with Crippen molar-refractivity contribution in [3.8, 4) is 5.75 Å². The first-order valence-electron chi connectivity index (χ1n) is 6.43. The Hall–Kier alpha value is -1.13. The fourth-order valence-corrected chi connectivity index (χ4v) is 1.78. The molecule has 1 saturated carbocycles. The van der Waals surface area contributed by atoms with Crippen LogP contribution in [-0.2, 0) is 11.2 Å². The first-order valence-corrected chi connectivity index (χ1v) is 6.43. The zero-order valence-electron chi connectivity index (χ0n) is 10.7. The third-order valence-electron chi connectivity index (χ3n) is 3.01. The Bertz CT molecular complexity index is 380. The normalized spacial score (nSPS) is 14.8. The number of ether oxygens (including phenoxy) is 2. The average molecular weight is 253 g/mol. The van der Waals surface area contributed by atoms with E-state index in [1.807, 2.05) is 6.07 Å². The van der Waals surface area contributed by atoms with Gasteiger partial charge in [0, 0.05) is 12.6 Å². The molecule has 100 valence electrons. The number of hydrogen-bond donors (Lipinski definition) is 1. The van der Waals surface area contributed by atoms with E-state index in [9.17, 15) is 4.39 Å². The summed E-state index contributed by atoms with van der Waals surface area (Å²) >= 11 is 0. The second kappa shape index (κ2) is 6.71. The molecular weight excluding hydrogens is 233 g/mol. The molecule has 1 aliphatic rings. The maximum Gasteiger partial charge on any atom is 0.165 e. The second-order valence-electron chi connectivity index (χ2n) is 4.56. The van der Waals surface area contributed by atoms with E-state index in [1.165, 1.54) is 26.0 Å². The van der Waals surface area contributed by atoms with Gasteiger partial charge in [-0.1, -0.05) is 6.07 Å². The molecule has 1 N–H and O–H groups in total. The molecule has 0 amide bonds. The van der Waals surface area contributed by atoms with Crippen LogP contribution in [0.4, 0.5) is 4.39 Å². The van der Waals surface area contributed by atoms with E-state index in [2.05, 4.69) is 5.32 Å². The lowest BCUT2D eigenvalue weighted by Crippen LogP contribution is -2.22. The third-order valence-corrected chi connectivity index (χ3v) is 3.01. The molecule has 18 heavy (non-hydrogen) atoms. The quantitative estimate of drug-likeness (QED) is 0.720. The molecular formula is C14H20FNO2. The minimum atomic E-state index is -0.314. The highest BCUT2D eigenvalue weighted by Crippen LogP contribution is 2.18. The average Bonchev–Trinajstić information content (AvgIpc) is 3.18. The van der Waals surface area contributed by atoms with E-state index in [1.54, 1.807) is 6.07 Å². The van der Waals surface area contributed by atoms with Crippen LogP contribution in [0.15, 0.2) is 18.2 Å². The van der Waals surface area contributed by atoms with Gasteiger partial charge in [-0.15, -0.1) is 0 Å². The smallest absolute Gasteiger partial charge is 0.165 e. The fourth-order valence-electron chi connectivity index (χ4n) is 1.78. The van der Waals surface area contributed by atoms with E-state index >= 15 is 0 Å². The number of rotatable bonds is 8. The van der Waals surface area contributed by atoms with Crippen molar-refractivity contribution >= 4 is 0 Å². The molecule has 0 spiro atoms. The molecule has 0 atom stereocenters. The van der Waals surface area contributed by atoms with E-state index in [0.717, 1.165) is 31.2 Å². The zero-order chi connectivity index (χ0) is 12.8. The van der Waals surface area contributed by atoms with Crippen molar-refractivity contribution in [1.82, 2.24) is 5.32 Å². The van der Waals surface area contributed by atoms with Crippen LogP contribution in [0, 0.1) is 5.82 Å². The molecule has 0 radical (unpaired) electrons. The van der Waals surface area contributed by atoms with Gasteiger partial charge in [-0.3, -0.25) is 0 Å². The lowest BCUT2D eigenvalue weighted by molar-refractivity contribution is 0.138. The van der Waals surface area contributed by atoms with E-state index < -0.39 is 0 Å². The second-order valence-corrected chi connectivity index (χ2v) is 4.56. The highest BCUT2D eigenvalue weighted by atomic mass is 19.1. The maximum atomic E-state index is 13.4. The minimum Gasteiger partial charge on any atom is -0.494 e. The highest BCUT2D eigenvalue weighted by Gasteiger charge is 2.19. The van der Waals surface area contributed by atoms with Gasteiger partial charge in [-0.2, -0.15) is 0 Å². The van der Waals surface area contributed by atoms with Crippen LogP contribution in [0.3, 0.4) is 0 Å². The van der Waals surface area contributed by atoms with Crippen LogP contribution >= 0.6 is 0 Å². The Morgan fingerprint density at radius 2 is 2.17 bits per heavy atom. The molecule has 0 heterocycles. The van der Waals surface area contributed by atoms with Gasteiger partial charge in [0.15, 0.2) is 11.6 Å². The molecule has 1 aromatic carbocycles. The number of hydrogen-bond acceptors (Lipinski definition) is 3. The van der Waals surface area contributed by atoms with Crippen molar-refractivity contribution in [2.24, 2.45) is 0 Å². The Morgan fingerprint density at radius 1 is 1.33 bits per heavy atom. The molecule has 3 nitrogen and oxygen atoms in total. The Kier molecular flexibility index (Phi) is 4.96. The summed E-state index contributed by atoms with van der Waals surface area (Å²) in [5, 5.41) is 3.38. The summed E-state index contributed by atoms with van der Waals surface area (Å²) in [5.41, 5.74) is 0.934. The van der Waals surface area contributed by atoms with Crippen molar-refractivity contribution in [3.05, 3.63) is 29.6 Å². The summed E-state index contributed by atoms with van der Waals surface area (Å²) in [6, 6.07) is 5.75. The highest BCUT2D eigenvalue weighted by molar-refractivity contribution is 5.29. The van der Waals surface area contributed by atoms with Gasteiger partial charge in [-0.05, 0) is 37.0 Å². The zero-order valence-corrected chi connectivity index (χ0v) is 10.7. The number of benzene rings is 1. The van der Waals surface area contributed by atoms with Crippen LogP contribution in [0.5, 0.6) is 5.75 Å². The number of nitrogens with one attached hydrogen (secondary N) is 1. The molecule has 0 aromatic heterocycles. The summed E-state index contributed by atoms with van der Waals surface area (Å²) in [4.78, 5) is 0. The molecule has 0 saturated heterocycles. The van der Waals surface area contributed by atoms with E-state index in [0.29, 0.717) is 6.61 Å². The number of halogens is 1. The lowest BCUT2D eigenvalue weighted by atomic mass is 10.1. The topological polar surface area (TPSA) is 30.5 Å². The first-order chi connectivity index (χ1) is 8.79. The van der Waals surface area contributed by atoms with Gasteiger partial charge >= 0.3 is 0 Å². The SMILES string of the molecule is COc1ccc(CCOCCNC2CC2)cc1F. The van der Waals surface area contributed by atoms with Crippen molar-refractivity contribution < 1.29 is 13.9 Å². The standard InChI is InChI=1S/C14H20FNO2/c1-17-14-5-2-11(10-13(14)15)6-8-18-9-7-16-12-3-4-12/h2,5,10,12,16H,3-4,6-9H2,1H3. The van der Waals surface area contributed by atoms with Crippen LogP contribution in [0.25, 0.3) is 0 Å². The van der Waals surface area contributed by atoms with Gasteiger partial charge in [-0.25, -0.2) is 4.39 Å². The van der Waals surface area contributed by atoms with Crippen LogP contribution in [0.2, 0.25) is 0 Å². The minimum absolute atomic E-state index is 0.285. The maximum absolute atomic E-state index is 13.4. The molecule has 0 bridgehead atoms. The first kappa shape index (κ1) is 13.3. The van der Waals surface area contributed by atoms with Crippen molar-refractivity contribution in [1.29, 1.82) is 0 Å². The van der Waals surface area contributed by atoms with Gasteiger partial charge in [0.05, 0.1) is 20.3 Å².